The van der Waals surface area contributed by atoms with E-state index in [1.807, 2.05) is 19.1 Å². The zero-order valence-electron chi connectivity index (χ0n) is 13.7. The highest BCUT2D eigenvalue weighted by atomic mass is 35.5. The highest BCUT2D eigenvalue weighted by molar-refractivity contribution is 6.39. The maximum absolute atomic E-state index is 11.8. The van der Waals surface area contributed by atoms with Crippen molar-refractivity contribution in [2.45, 2.75) is 13.3 Å². The third kappa shape index (κ3) is 6.27. The van der Waals surface area contributed by atoms with Crippen LogP contribution in [0.2, 0.25) is 5.02 Å². The number of nitrogens with one attached hydrogen (secondary N) is 2. The fraction of sp³-hybridized carbons (Fsp3) is 0.167. The molecule has 25 heavy (non-hydrogen) atoms. The molecular weight excluding hydrogens is 342 g/mol. The van der Waals surface area contributed by atoms with Gasteiger partial charge in [-0.2, -0.15) is 5.10 Å². The second-order valence-electron chi connectivity index (χ2n) is 5.08. The number of hydrazone groups is 1. The van der Waals surface area contributed by atoms with Crippen molar-refractivity contribution < 1.29 is 14.3 Å². The number of carbonyl (C=O) groups is 2. The first-order valence-electron chi connectivity index (χ1n) is 7.71. The number of benzene rings is 2. The van der Waals surface area contributed by atoms with Crippen LogP contribution in [0.15, 0.2) is 53.6 Å². The highest BCUT2D eigenvalue weighted by Gasteiger charge is 2.12. The van der Waals surface area contributed by atoms with Gasteiger partial charge in [-0.15, -0.1) is 0 Å². The molecule has 0 spiro atoms. The standard InChI is InChI=1S/C18H18ClN3O3/c1-2-10-25-16-8-6-13(7-9-16)12-20-22-18(24)17(23)21-15-5-3-4-14(19)11-15/h3-9,11-12H,2,10H2,1H3,(H,21,23)(H,22,24)/b20-12+. The molecule has 0 heterocycles. The third-order valence-electron chi connectivity index (χ3n) is 3.02. The number of nitrogens with zero attached hydrogens (tertiary/aromatic N) is 1. The lowest BCUT2D eigenvalue weighted by molar-refractivity contribution is -0.136. The van der Waals surface area contributed by atoms with E-state index in [2.05, 4.69) is 15.8 Å². The van der Waals surface area contributed by atoms with E-state index in [0.717, 1.165) is 17.7 Å². The zero-order valence-corrected chi connectivity index (χ0v) is 14.4. The van der Waals surface area contributed by atoms with Crippen LogP contribution in [0.5, 0.6) is 5.75 Å². The summed E-state index contributed by atoms with van der Waals surface area (Å²) >= 11 is 5.81. The fourth-order valence-electron chi connectivity index (χ4n) is 1.84. The average molecular weight is 360 g/mol. The average Bonchev–Trinajstić information content (AvgIpc) is 2.61. The number of anilines is 1. The summed E-state index contributed by atoms with van der Waals surface area (Å²) < 4.78 is 5.47. The van der Waals surface area contributed by atoms with Crippen molar-refractivity contribution in [1.29, 1.82) is 0 Å². The number of hydrogen-bond donors (Lipinski definition) is 2. The van der Waals surface area contributed by atoms with Crippen LogP contribution in [-0.4, -0.2) is 24.6 Å². The van der Waals surface area contributed by atoms with Crippen molar-refractivity contribution in [2.24, 2.45) is 5.10 Å². The Morgan fingerprint density at radius 3 is 2.60 bits per heavy atom. The number of halogens is 1. The predicted octanol–water partition coefficient (Wildman–Crippen LogP) is 3.22. The lowest BCUT2D eigenvalue weighted by Gasteiger charge is -2.04. The predicted molar refractivity (Wildman–Crippen MR) is 98.0 cm³/mol. The van der Waals surface area contributed by atoms with Gasteiger partial charge in [0.1, 0.15) is 5.75 Å². The van der Waals surface area contributed by atoms with Gasteiger partial charge in [-0.1, -0.05) is 24.6 Å². The van der Waals surface area contributed by atoms with E-state index in [0.29, 0.717) is 17.3 Å². The number of ether oxygens (including phenoxy) is 1. The zero-order chi connectivity index (χ0) is 18.1. The quantitative estimate of drug-likeness (QED) is 0.472. The maximum atomic E-state index is 11.8. The molecule has 2 rings (SSSR count). The van der Waals surface area contributed by atoms with Crippen LogP contribution < -0.4 is 15.5 Å². The molecule has 0 atom stereocenters. The third-order valence-corrected chi connectivity index (χ3v) is 3.26. The summed E-state index contributed by atoms with van der Waals surface area (Å²) in [6.45, 7) is 2.69. The van der Waals surface area contributed by atoms with Gasteiger partial charge >= 0.3 is 11.8 Å². The molecule has 2 aromatic carbocycles. The van der Waals surface area contributed by atoms with Gasteiger partial charge in [0.05, 0.1) is 12.8 Å². The first kappa shape index (κ1) is 18.5. The van der Waals surface area contributed by atoms with E-state index in [1.54, 1.807) is 30.3 Å². The number of carbonyl (C=O) groups excluding carboxylic acids is 2. The van der Waals surface area contributed by atoms with Crippen LogP contribution in [-0.2, 0) is 9.59 Å². The van der Waals surface area contributed by atoms with E-state index in [-0.39, 0.29) is 0 Å². The summed E-state index contributed by atoms with van der Waals surface area (Å²) in [5.41, 5.74) is 3.36. The Morgan fingerprint density at radius 1 is 1.16 bits per heavy atom. The van der Waals surface area contributed by atoms with E-state index in [1.165, 1.54) is 12.3 Å². The molecule has 0 radical (unpaired) electrons. The van der Waals surface area contributed by atoms with Crippen molar-refractivity contribution in [3.8, 4) is 5.75 Å². The molecule has 6 nitrogen and oxygen atoms in total. The molecule has 0 aliphatic heterocycles. The van der Waals surface area contributed by atoms with Crippen LogP contribution in [0, 0.1) is 0 Å². The van der Waals surface area contributed by atoms with Gasteiger partial charge < -0.3 is 10.1 Å². The van der Waals surface area contributed by atoms with Gasteiger partial charge in [0.25, 0.3) is 0 Å². The summed E-state index contributed by atoms with van der Waals surface area (Å²) in [6.07, 6.45) is 2.38. The maximum Gasteiger partial charge on any atom is 0.329 e. The second kappa shape index (κ2) is 9.44. The minimum atomic E-state index is -0.876. The van der Waals surface area contributed by atoms with E-state index in [4.69, 9.17) is 16.3 Å². The van der Waals surface area contributed by atoms with E-state index >= 15 is 0 Å². The largest absolute Gasteiger partial charge is 0.494 e. The van der Waals surface area contributed by atoms with Gasteiger partial charge in [0, 0.05) is 10.7 Å². The molecule has 2 aromatic rings. The number of amides is 2. The van der Waals surface area contributed by atoms with Crippen molar-refractivity contribution >= 4 is 35.3 Å². The highest BCUT2D eigenvalue weighted by Crippen LogP contribution is 2.14. The van der Waals surface area contributed by atoms with Crippen LogP contribution in [0.1, 0.15) is 18.9 Å². The van der Waals surface area contributed by atoms with Crippen molar-refractivity contribution in [3.05, 3.63) is 59.1 Å². The molecule has 130 valence electrons. The molecule has 2 N–H and O–H groups in total. The van der Waals surface area contributed by atoms with Crippen LogP contribution in [0.4, 0.5) is 5.69 Å². The first-order valence-corrected chi connectivity index (χ1v) is 8.09. The normalized spacial score (nSPS) is 10.5. The second-order valence-corrected chi connectivity index (χ2v) is 5.52. The topological polar surface area (TPSA) is 79.8 Å². The Hall–Kier alpha value is -2.86. The first-order chi connectivity index (χ1) is 12.1. The Morgan fingerprint density at radius 2 is 1.92 bits per heavy atom. The lowest BCUT2D eigenvalue weighted by atomic mass is 10.2. The molecule has 0 saturated heterocycles. The van der Waals surface area contributed by atoms with Crippen molar-refractivity contribution in [2.75, 3.05) is 11.9 Å². The van der Waals surface area contributed by atoms with Gasteiger partial charge in [-0.05, 0) is 54.4 Å². The number of hydrogen-bond acceptors (Lipinski definition) is 4. The molecule has 0 saturated carbocycles. The smallest absolute Gasteiger partial charge is 0.329 e. The van der Waals surface area contributed by atoms with Gasteiger partial charge in [0.15, 0.2) is 0 Å². The van der Waals surface area contributed by atoms with Crippen molar-refractivity contribution in [1.82, 2.24) is 5.43 Å². The van der Waals surface area contributed by atoms with Crippen LogP contribution >= 0.6 is 11.6 Å². The summed E-state index contributed by atoms with van der Waals surface area (Å²) in [7, 11) is 0. The summed E-state index contributed by atoms with van der Waals surface area (Å²) in [5.74, 6) is -0.939. The lowest BCUT2D eigenvalue weighted by Crippen LogP contribution is -2.32. The fourth-order valence-corrected chi connectivity index (χ4v) is 2.03. The Balaban J connectivity index is 1.84. The molecule has 0 aliphatic carbocycles. The van der Waals surface area contributed by atoms with Gasteiger partial charge in [-0.3, -0.25) is 9.59 Å². The molecule has 0 aromatic heterocycles. The minimum absolute atomic E-state index is 0.430. The van der Waals surface area contributed by atoms with Crippen LogP contribution in [0.25, 0.3) is 0 Å². The summed E-state index contributed by atoms with van der Waals surface area (Å²) in [6, 6.07) is 13.7. The summed E-state index contributed by atoms with van der Waals surface area (Å²) in [4.78, 5) is 23.5. The molecule has 0 unspecified atom stereocenters. The molecule has 0 fully saturated rings. The molecular formula is C18H18ClN3O3. The Kier molecular flexibility index (Phi) is 6.98. The van der Waals surface area contributed by atoms with Gasteiger partial charge in [-0.25, -0.2) is 5.43 Å². The van der Waals surface area contributed by atoms with Crippen LogP contribution in [0.3, 0.4) is 0 Å². The van der Waals surface area contributed by atoms with Gasteiger partial charge in [0.2, 0.25) is 0 Å². The van der Waals surface area contributed by atoms with E-state index < -0.39 is 11.8 Å². The molecule has 2 amide bonds. The minimum Gasteiger partial charge on any atom is -0.494 e. The number of rotatable bonds is 6. The monoisotopic (exact) mass is 359 g/mol. The summed E-state index contributed by atoms with van der Waals surface area (Å²) in [5, 5.41) is 6.65. The SMILES string of the molecule is CCCOc1ccc(/C=N/NC(=O)C(=O)Nc2cccc(Cl)c2)cc1. The van der Waals surface area contributed by atoms with E-state index in [9.17, 15) is 9.59 Å². The molecule has 7 heteroatoms. The van der Waals surface area contributed by atoms with Crippen molar-refractivity contribution in [3.63, 3.8) is 0 Å². The Bertz CT molecular complexity index is 760. The molecule has 0 bridgehead atoms. The molecule has 0 aliphatic rings. The Labute approximate surface area is 150 Å².